The van der Waals surface area contributed by atoms with E-state index in [9.17, 15) is 9.90 Å². The summed E-state index contributed by atoms with van der Waals surface area (Å²) in [5, 5.41) is 21.8. The Morgan fingerprint density at radius 3 is 2.81 bits per heavy atom. The number of phenolic OH excluding ortho intramolecular Hbond substituents is 1. The van der Waals surface area contributed by atoms with Gasteiger partial charge in [-0.15, -0.1) is 0 Å². The number of nitrogens with two attached hydrogens (primary N) is 1. The number of aromatic carboxylic acids is 1. The minimum Gasteiger partial charge on any atom is -0.508 e. The van der Waals surface area contributed by atoms with E-state index < -0.39 is 5.97 Å². The zero-order chi connectivity index (χ0) is 11.7. The van der Waals surface area contributed by atoms with E-state index in [0.29, 0.717) is 0 Å². The monoisotopic (exact) mass is 222 g/mol. The quantitative estimate of drug-likeness (QED) is 0.437. The number of aromatic hydroxyl groups is 1. The van der Waals surface area contributed by atoms with Gasteiger partial charge in [0.2, 0.25) is 0 Å². The van der Waals surface area contributed by atoms with Gasteiger partial charge in [0.1, 0.15) is 5.75 Å². The molecule has 1 aliphatic rings. The van der Waals surface area contributed by atoms with E-state index >= 15 is 0 Å². The fraction of sp³-hybridized carbons (Fsp3) is 0.364. The number of carbonyl (C=O) groups is 1. The van der Waals surface area contributed by atoms with E-state index in [1.54, 1.807) is 6.07 Å². The van der Waals surface area contributed by atoms with Gasteiger partial charge in [-0.05, 0) is 25.1 Å². The van der Waals surface area contributed by atoms with Gasteiger partial charge >= 0.3 is 5.97 Å². The molecule has 0 bridgehead atoms. The van der Waals surface area contributed by atoms with Crippen LogP contribution in [0.5, 0.6) is 5.75 Å². The first kappa shape index (κ1) is 10.8. The second kappa shape index (κ2) is 4.02. The van der Waals surface area contributed by atoms with Crippen LogP contribution >= 0.6 is 0 Å². The van der Waals surface area contributed by atoms with Crippen molar-refractivity contribution in [1.29, 1.82) is 0 Å². The molecule has 5 heteroatoms. The van der Waals surface area contributed by atoms with Crippen molar-refractivity contribution >= 4 is 11.7 Å². The molecule has 1 aliphatic heterocycles. The first-order chi connectivity index (χ1) is 7.59. The van der Waals surface area contributed by atoms with Crippen LogP contribution in [0.15, 0.2) is 12.1 Å². The summed E-state index contributed by atoms with van der Waals surface area (Å²) in [6.07, 6.45) is 0.930. The third kappa shape index (κ3) is 1.81. The molecule has 0 spiro atoms. The lowest BCUT2D eigenvalue weighted by Gasteiger charge is -2.13. The summed E-state index contributed by atoms with van der Waals surface area (Å²) >= 11 is 0. The Morgan fingerprint density at radius 2 is 2.25 bits per heavy atom. The molecule has 2 rings (SSSR count). The van der Waals surface area contributed by atoms with E-state index in [-0.39, 0.29) is 22.9 Å². The van der Waals surface area contributed by atoms with Crippen LogP contribution in [0.4, 0.5) is 5.69 Å². The third-order valence-electron chi connectivity index (χ3n) is 2.93. The van der Waals surface area contributed by atoms with Crippen LogP contribution in [0.2, 0.25) is 0 Å². The van der Waals surface area contributed by atoms with Crippen molar-refractivity contribution in [2.45, 2.75) is 12.3 Å². The van der Waals surface area contributed by atoms with E-state index in [0.717, 1.165) is 25.1 Å². The zero-order valence-electron chi connectivity index (χ0n) is 8.73. The Kier molecular flexibility index (Phi) is 2.70. The smallest absolute Gasteiger partial charge is 0.337 e. The van der Waals surface area contributed by atoms with Gasteiger partial charge in [-0.1, -0.05) is 0 Å². The molecular weight excluding hydrogens is 208 g/mol. The number of phenols is 1. The SMILES string of the molecule is Nc1cc(C2CCNC2)c(O)cc1C(=O)O. The van der Waals surface area contributed by atoms with Gasteiger partial charge in [-0.2, -0.15) is 0 Å². The van der Waals surface area contributed by atoms with Crippen LogP contribution in [0.1, 0.15) is 28.3 Å². The highest BCUT2D eigenvalue weighted by Crippen LogP contribution is 2.33. The number of carboxylic acid groups (broad SMARTS) is 1. The first-order valence-corrected chi connectivity index (χ1v) is 5.16. The number of hydrogen-bond donors (Lipinski definition) is 4. The summed E-state index contributed by atoms with van der Waals surface area (Å²) in [4.78, 5) is 10.8. The molecule has 1 fully saturated rings. The molecule has 1 heterocycles. The van der Waals surface area contributed by atoms with Gasteiger partial charge in [-0.25, -0.2) is 4.79 Å². The number of nitrogens with one attached hydrogen (secondary N) is 1. The third-order valence-corrected chi connectivity index (χ3v) is 2.93. The minimum atomic E-state index is -1.12. The van der Waals surface area contributed by atoms with Crippen LogP contribution < -0.4 is 11.1 Å². The van der Waals surface area contributed by atoms with Crippen LogP contribution in [0.3, 0.4) is 0 Å². The molecule has 0 aliphatic carbocycles. The molecule has 0 radical (unpaired) electrons. The number of carboxylic acids is 1. The van der Waals surface area contributed by atoms with Crippen LogP contribution in [-0.4, -0.2) is 29.3 Å². The molecule has 1 saturated heterocycles. The van der Waals surface area contributed by atoms with Gasteiger partial charge in [-0.3, -0.25) is 0 Å². The molecule has 0 saturated carbocycles. The Bertz CT molecular complexity index is 425. The molecule has 86 valence electrons. The maximum absolute atomic E-state index is 10.8. The average Bonchev–Trinajstić information content (AvgIpc) is 2.73. The van der Waals surface area contributed by atoms with Crippen molar-refractivity contribution in [3.8, 4) is 5.75 Å². The molecule has 5 nitrogen and oxygen atoms in total. The second-order valence-corrected chi connectivity index (χ2v) is 3.99. The van der Waals surface area contributed by atoms with Gasteiger partial charge in [0, 0.05) is 23.7 Å². The molecule has 1 aromatic carbocycles. The standard InChI is InChI=1S/C11H14N2O3/c12-9-3-7(6-1-2-13-5-6)10(14)4-8(9)11(15)16/h3-4,6,13-14H,1-2,5,12H2,(H,15,16). The normalized spacial score (nSPS) is 19.9. The summed E-state index contributed by atoms with van der Waals surface area (Å²) < 4.78 is 0. The van der Waals surface area contributed by atoms with Crippen LogP contribution in [-0.2, 0) is 0 Å². The maximum atomic E-state index is 10.8. The van der Waals surface area contributed by atoms with Gasteiger partial charge in [0.05, 0.1) is 5.56 Å². The van der Waals surface area contributed by atoms with Gasteiger partial charge < -0.3 is 21.3 Å². The Balaban J connectivity index is 2.40. The lowest BCUT2D eigenvalue weighted by Crippen LogP contribution is -2.09. The van der Waals surface area contributed by atoms with Crippen molar-refractivity contribution in [2.24, 2.45) is 0 Å². The van der Waals surface area contributed by atoms with Gasteiger partial charge in [0.25, 0.3) is 0 Å². The number of anilines is 1. The minimum absolute atomic E-state index is 0.0142. The predicted octanol–water partition coefficient (Wildman–Crippen LogP) is 0.750. The zero-order valence-corrected chi connectivity index (χ0v) is 8.73. The molecule has 1 atom stereocenters. The van der Waals surface area contributed by atoms with Crippen LogP contribution in [0.25, 0.3) is 0 Å². The van der Waals surface area contributed by atoms with Gasteiger partial charge in [0.15, 0.2) is 0 Å². The lowest BCUT2D eigenvalue weighted by molar-refractivity contribution is 0.0697. The topological polar surface area (TPSA) is 95.6 Å². The number of benzene rings is 1. The van der Waals surface area contributed by atoms with Crippen molar-refractivity contribution in [3.05, 3.63) is 23.3 Å². The Labute approximate surface area is 92.9 Å². The maximum Gasteiger partial charge on any atom is 0.337 e. The fourth-order valence-electron chi connectivity index (χ4n) is 2.05. The molecule has 16 heavy (non-hydrogen) atoms. The summed E-state index contributed by atoms with van der Waals surface area (Å²) in [7, 11) is 0. The highest BCUT2D eigenvalue weighted by molar-refractivity contribution is 5.94. The largest absolute Gasteiger partial charge is 0.508 e. The average molecular weight is 222 g/mol. The Hall–Kier alpha value is -1.75. The molecular formula is C11H14N2O3. The number of rotatable bonds is 2. The predicted molar refractivity (Wildman–Crippen MR) is 59.7 cm³/mol. The highest BCUT2D eigenvalue weighted by Gasteiger charge is 2.22. The highest BCUT2D eigenvalue weighted by atomic mass is 16.4. The summed E-state index contributed by atoms with van der Waals surface area (Å²) in [6, 6.07) is 2.79. The molecule has 5 N–H and O–H groups in total. The molecule has 0 amide bonds. The first-order valence-electron chi connectivity index (χ1n) is 5.16. The van der Waals surface area contributed by atoms with E-state index in [1.165, 1.54) is 6.07 Å². The molecule has 1 aromatic rings. The van der Waals surface area contributed by atoms with E-state index in [1.807, 2.05) is 0 Å². The number of hydrogen-bond acceptors (Lipinski definition) is 4. The van der Waals surface area contributed by atoms with Crippen molar-refractivity contribution in [1.82, 2.24) is 5.32 Å². The Morgan fingerprint density at radius 1 is 1.50 bits per heavy atom. The van der Waals surface area contributed by atoms with Crippen molar-refractivity contribution < 1.29 is 15.0 Å². The van der Waals surface area contributed by atoms with Crippen LogP contribution in [0, 0.1) is 0 Å². The van der Waals surface area contributed by atoms with Crippen molar-refractivity contribution in [3.63, 3.8) is 0 Å². The lowest BCUT2D eigenvalue weighted by atomic mass is 9.95. The fourth-order valence-corrected chi connectivity index (χ4v) is 2.05. The van der Waals surface area contributed by atoms with Crippen molar-refractivity contribution in [2.75, 3.05) is 18.8 Å². The number of nitrogen functional groups attached to an aromatic ring is 1. The summed E-state index contributed by atoms with van der Waals surface area (Å²) in [5.41, 5.74) is 6.53. The van der Waals surface area contributed by atoms with E-state index in [2.05, 4.69) is 5.32 Å². The summed E-state index contributed by atoms with van der Waals surface area (Å²) in [6.45, 7) is 1.70. The molecule has 0 aromatic heterocycles. The summed E-state index contributed by atoms with van der Waals surface area (Å²) in [5.74, 6) is -0.894. The molecule has 1 unspecified atom stereocenters. The second-order valence-electron chi connectivity index (χ2n) is 3.99. The van der Waals surface area contributed by atoms with E-state index in [4.69, 9.17) is 10.8 Å².